The minimum atomic E-state index is 0.628. The molecule has 1 atom stereocenters. The highest BCUT2D eigenvalue weighted by Gasteiger charge is 2.06. The van der Waals surface area contributed by atoms with Gasteiger partial charge in [-0.05, 0) is 39.4 Å². The molecule has 2 nitrogen and oxygen atoms in total. The zero-order chi connectivity index (χ0) is 10.1. The van der Waals surface area contributed by atoms with Crippen LogP contribution in [0.3, 0.4) is 0 Å². The van der Waals surface area contributed by atoms with Crippen LogP contribution >= 0.6 is 0 Å². The van der Waals surface area contributed by atoms with Gasteiger partial charge in [0.2, 0.25) is 0 Å². The monoisotopic (exact) mass is 186 g/mol. The Bertz CT molecular complexity index is 98.3. The first-order valence-corrected chi connectivity index (χ1v) is 5.70. The molecule has 0 aliphatic carbocycles. The third-order valence-electron chi connectivity index (χ3n) is 2.16. The van der Waals surface area contributed by atoms with Crippen LogP contribution in [0.4, 0.5) is 0 Å². The highest BCUT2D eigenvalue weighted by atomic mass is 15.1. The Morgan fingerprint density at radius 3 is 2.00 bits per heavy atom. The van der Waals surface area contributed by atoms with Gasteiger partial charge in [-0.25, -0.2) is 0 Å². The predicted molar refractivity (Wildman–Crippen MR) is 60.2 cm³/mol. The summed E-state index contributed by atoms with van der Waals surface area (Å²) in [5.41, 5.74) is 0. The van der Waals surface area contributed by atoms with Gasteiger partial charge in [-0.1, -0.05) is 20.8 Å². The Kier molecular flexibility index (Phi) is 8.46. The largest absolute Gasteiger partial charge is 0.313 e. The second-order valence-electron chi connectivity index (χ2n) is 3.76. The van der Waals surface area contributed by atoms with E-state index >= 15 is 0 Å². The van der Waals surface area contributed by atoms with Crippen molar-refractivity contribution < 1.29 is 0 Å². The van der Waals surface area contributed by atoms with Crippen LogP contribution in [0.25, 0.3) is 0 Å². The van der Waals surface area contributed by atoms with Crippen LogP contribution in [0.15, 0.2) is 0 Å². The molecule has 0 radical (unpaired) electrons. The van der Waals surface area contributed by atoms with Crippen molar-refractivity contribution in [2.45, 2.75) is 46.6 Å². The smallest absolute Gasteiger partial charge is 0.0166 e. The molecular formula is C11H26N2. The zero-order valence-corrected chi connectivity index (χ0v) is 9.77. The SMILES string of the molecule is CCCN(CCC)CC(C)NCC. The first-order chi connectivity index (χ1) is 6.24. The molecule has 0 fully saturated rings. The van der Waals surface area contributed by atoms with Crippen LogP contribution in [0.1, 0.15) is 40.5 Å². The number of nitrogens with one attached hydrogen (secondary N) is 1. The second kappa shape index (κ2) is 8.52. The van der Waals surface area contributed by atoms with Crippen molar-refractivity contribution in [1.82, 2.24) is 10.2 Å². The number of hydrogen-bond acceptors (Lipinski definition) is 2. The lowest BCUT2D eigenvalue weighted by molar-refractivity contribution is 0.249. The average Bonchev–Trinajstić information content (AvgIpc) is 2.05. The van der Waals surface area contributed by atoms with Crippen LogP contribution in [0.5, 0.6) is 0 Å². The lowest BCUT2D eigenvalue weighted by Crippen LogP contribution is -2.39. The summed E-state index contributed by atoms with van der Waals surface area (Å²) in [5, 5.41) is 3.45. The first kappa shape index (κ1) is 12.9. The van der Waals surface area contributed by atoms with Crippen molar-refractivity contribution >= 4 is 0 Å². The molecule has 0 rings (SSSR count). The zero-order valence-electron chi connectivity index (χ0n) is 9.77. The van der Waals surface area contributed by atoms with Crippen molar-refractivity contribution in [2.24, 2.45) is 0 Å². The molecule has 0 bridgehead atoms. The van der Waals surface area contributed by atoms with Crippen LogP contribution in [-0.2, 0) is 0 Å². The van der Waals surface area contributed by atoms with Gasteiger partial charge in [0.15, 0.2) is 0 Å². The molecular weight excluding hydrogens is 160 g/mol. The van der Waals surface area contributed by atoms with E-state index in [-0.39, 0.29) is 0 Å². The normalized spacial score (nSPS) is 13.6. The molecule has 1 N–H and O–H groups in total. The molecule has 13 heavy (non-hydrogen) atoms. The van der Waals surface area contributed by atoms with E-state index in [0.717, 1.165) is 6.54 Å². The molecule has 0 saturated heterocycles. The second-order valence-corrected chi connectivity index (χ2v) is 3.76. The lowest BCUT2D eigenvalue weighted by Gasteiger charge is -2.25. The van der Waals surface area contributed by atoms with Gasteiger partial charge in [-0.15, -0.1) is 0 Å². The fourth-order valence-electron chi connectivity index (χ4n) is 1.73. The molecule has 80 valence electrons. The summed E-state index contributed by atoms with van der Waals surface area (Å²) >= 11 is 0. The molecule has 0 aromatic rings. The highest BCUT2D eigenvalue weighted by molar-refractivity contribution is 4.66. The Morgan fingerprint density at radius 1 is 1.08 bits per heavy atom. The van der Waals surface area contributed by atoms with E-state index in [1.54, 1.807) is 0 Å². The Labute approximate surface area is 83.7 Å². The third-order valence-corrected chi connectivity index (χ3v) is 2.16. The summed E-state index contributed by atoms with van der Waals surface area (Å²) in [5.74, 6) is 0. The molecule has 0 amide bonds. The first-order valence-electron chi connectivity index (χ1n) is 5.70. The number of rotatable bonds is 8. The summed E-state index contributed by atoms with van der Waals surface area (Å²) in [6.07, 6.45) is 2.53. The molecule has 1 unspecified atom stereocenters. The van der Waals surface area contributed by atoms with E-state index in [2.05, 4.69) is 37.9 Å². The maximum absolute atomic E-state index is 3.45. The number of nitrogens with zero attached hydrogens (tertiary/aromatic N) is 1. The van der Waals surface area contributed by atoms with Crippen molar-refractivity contribution in [3.8, 4) is 0 Å². The quantitative estimate of drug-likeness (QED) is 0.624. The van der Waals surface area contributed by atoms with Gasteiger partial charge in [-0.2, -0.15) is 0 Å². The van der Waals surface area contributed by atoms with Crippen LogP contribution in [0, 0.1) is 0 Å². The van der Waals surface area contributed by atoms with Crippen molar-refractivity contribution in [3.63, 3.8) is 0 Å². The van der Waals surface area contributed by atoms with Gasteiger partial charge in [0.25, 0.3) is 0 Å². The summed E-state index contributed by atoms with van der Waals surface area (Å²) in [7, 11) is 0. The van der Waals surface area contributed by atoms with Gasteiger partial charge in [0.1, 0.15) is 0 Å². The molecule has 0 saturated carbocycles. The summed E-state index contributed by atoms with van der Waals surface area (Å²) in [4.78, 5) is 2.55. The summed E-state index contributed by atoms with van der Waals surface area (Å²) in [6.45, 7) is 13.7. The van der Waals surface area contributed by atoms with Gasteiger partial charge in [-0.3, -0.25) is 0 Å². The van der Waals surface area contributed by atoms with Crippen molar-refractivity contribution in [3.05, 3.63) is 0 Å². The number of hydrogen-bond donors (Lipinski definition) is 1. The van der Waals surface area contributed by atoms with E-state index in [1.807, 2.05) is 0 Å². The molecule has 0 aromatic carbocycles. The minimum Gasteiger partial charge on any atom is -0.313 e. The Hall–Kier alpha value is -0.0800. The van der Waals surface area contributed by atoms with Gasteiger partial charge in [0.05, 0.1) is 0 Å². The average molecular weight is 186 g/mol. The number of likely N-dealkylation sites (N-methyl/N-ethyl adjacent to an activating group) is 1. The van der Waals surface area contributed by atoms with E-state index in [1.165, 1.54) is 32.5 Å². The van der Waals surface area contributed by atoms with Crippen LogP contribution < -0.4 is 5.32 Å². The minimum absolute atomic E-state index is 0.628. The molecule has 0 aliphatic rings. The maximum atomic E-state index is 3.45. The van der Waals surface area contributed by atoms with Crippen LogP contribution in [0.2, 0.25) is 0 Å². The fraction of sp³-hybridized carbons (Fsp3) is 1.00. The third kappa shape index (κ3) is 7.03. The molecule has 0 heterocycles. The summed E-state index contributed by atoms with van der Waals surface area (Å²) < 4.78 is 0. The van der Waals surface area contributed by atoms with E-state index < -0.39 is 0 Å². The maximum Gasteiger partial charge on any atom is 0.0166 e. The van der Waals surface area contributed by atoms with Gasteiger partial charge >= 0.3 is 0 Å². The van der Waals surface area contributed by atoms with Crippen molar-refractivity contribution in [2.75, 3.05) is 26.2 Å². The van der Waals surface area contributed by atoms with E-state index in [4.69, 9.17) is 0 Å². The van der Waals surface area contributed by atoms with Gasteiger partial charge < -0.3 is 10.2 Å². The lowest BCUT2D eigenvalue weighted by atomic mass is 10.2. The Balaban J connectivity index is 3.64. The fourth-order valence-corrected chi connectivity index (χ4v) is 1.73. The van der Waals surface area contributed by atoms with Crippen molar-refractivity contribution in [1.29, 1.82) is 0 Å². The van der Waals surface area contributed by atoms with Crippen LogP contribution in [-0.4, -0.2) is 37.1 Å². The van der Waals surface area contributed by atoms with E-state index in [0.29, 0.717) is 6.04 Å². The summed E-state index contributed by atoms with van der Waals surface area (Å²) in [6, 6.07) is 0.628. The van der Waals surface area contributed by atoms with E-state index in [9.17, 15) is 0 Å². The molecule has 0 aromatic heterocycles. The predicted octanol–water partition coefficient (Wildman–Crippen LogP) is 2.11. The molecule has 0 aliphatic heterocycles. The molecule has 2 heteroatoms. The highest BCUT2D eigenvalue weighted by Crippen LogP contribution is 1.96. The topological polar surface area (TPSA) is 15.3 Å². The standard InChI is InChI=1S/C11H26N2/c1-5-8-13(9-6-2)10-11(4)12-7-3/h11-12H,5-10H2,1-4H3. The Morgan fingerprint density at radius 2 is 1.62 bits per heavy atom. The molecule has 0 spiro atoms. The van der Waals surface area contributed by atoms with Gasteiger partial charge in [0, 0.05) is 12.6 Å².